The second-order valence-electron chi connectivity index (χ2n) is 7.07. The summed E-state index contributed by atoms with van der Waals surface area (Å²) in [6, 6.07) is 12.1. The number of benzene rings is 2. The highest BCUT2D eigenvalue weighted by atomic mass is 32.2. The van der Waals surface area contributed by atoms with Crippen molar-refractivity contribution in [3.8, 4) is 0 Å². The molecule has 0 spiro atoms. The Morgan fingerprint density at radius 2 is 2.00 bits per heavy atom. The van der Waals surface area contributed by atoms with Gasteiger partial charge in [0.2, 0.25) is 0 Å². The number of carbonyl (C=O) groups is 1. The molecule has 0 bridgehead atoms. The Morgan fingerprint density at radius 3 is 2.70 bits per heavy atom. The van der Waals surface area contributed by atoms with E-state index in [1.54, 1.807) is 23.1 Å². The number of thiazole rings is 1. The number of carbonyl (C=O) groups excluding carboxylic acids is 1. The maximum Gasteiger partial charge on any atom is 0.260 e. The molecule has 0 aliphatic rings. The van der Waals surface area contributed by atoms with Crippen molar-refractivity contribution < 1.29 is 9.69 Å². The predicted octanol–water partition coefficient (Wildman–Crippen LogP) is 3.43. The zero-order chi connectivity index (χ0) is 19.6. The van der Waals surface area contributed by atoms with Gasteiger partial charge in [0.05, 0.1) is 37.4 Å². The summed E-state index contributed by atoms with van der Waals surface area (Å²) in [4.78, 5) is 22.4. The van der Waals surface area contributed by atoms with Gasteiger partial charge in [-0.05, 0) is 55.5 Å². The maximum absolute atomic E-state index is 13.3. The minimum absolute atomic E-state index is 0.0144. The number of hydrogen-bond donors (Lipinski definition) is 1. The fourth-order valence-electron chi connectivity index (χ4n) is 3.01. The second-order valence-corrected chi connectivity index (χ2v) is 8.96. The van der Waals surface area contributed by atoms with E-state index in [4.69, 9.17) is 4.98 Å². The summed E-state index contributed by atoms with van der Waals surface area (Å²) in [7, 11) is 4.20. The molecule has 3 rings (SSSR count). The standard InChI is InChI=1S/C21H25N3OS2/c1-14-11-15(2)19-18(12-14)27-21(22-19)24(10-9-23(3)4)20(25)16-7-6-8-17(13-16)26-5/h6-8,11-13H,9-10H2,1-5H3/p+1. The number of thioether (sulfide) groups is 1. The van der Waals surface area contributed by atoms with Gasteiger partial charge in [-0.25, -0.2) is 4.98 Å². The lowest BCUT2D eigenvalue weighted by Crippen LogP contribution is -3.06. The topological polar surface area (TPSA) is 37.6 Å². The first kappa shape index (κ1) is 19.9. The van der Waals surface area contributed by atoms with Gasteiger partial charge in [0.1, 0.15) is 0 Å². The van der Waals surface area contributed by atoms with Crippen molar-refractivity contribution >= 4 is 44.4 Å². The molecule has 27 heavy (non-hydrogen) atoms. The molecule has 0 radical (unpaired) electrons. The SMILES string of the molecule is CSc1cccc(C(=O)N(CC[NH+](C)C)c2nc3c(C)cc(C)cc3s2)c1. The van der Waals surface area contributed by atoms with Crippen LogP contribution in [0.2, 0.25) is 0 Å². The van der Waals surface area contributed by atoms with Gasteiger partial charge in [-0.2, -0.15) is 0 Å². The van der Waals surface area contributed by atoms with Crippen LogP contribution in [0.5, 0.6) is 0 Å². The average Bonchev–Trinajstić information content (AvgIpc) is 3.05. The Kier molecular flexibility index (Phi) is 6.19. The van der Waals surface area contributed by atoms with Crippen LogP contribution in [-0.2, 0) is 0 Å². The Labute approximate surface area is 169 Å². The Bertz CT molecular complexity index is 965. The molecule has 6 heteroatoms. The van der Waals surface area contributed by atoms with E-state index in [1.807, 2.05) is 35.4 Å². The molecular weight excluding hydrogens is 374 g/mol. The van der Waals surface area contributed by atoms with E-state index in [1.165, 1.54) is 10.5 Å². The smallest absolute Gasteiger partial charge is 0.260 e. The minimum Gasteiger partial charge on any atom is -0.338 e. The lowest BCUT2D eigenvalue weighted by Gasteiger charge is -2.21. The molecule has 0 saturated heterocycles. The molecule has 0 unspecified atom stereocenters. The number of likely N-dealkylation sites (N-methyl/N-ethyl adjacent to an activating group) is 1. The molecule has 1 N–H and O–H groups in total. The number of aromatic nitrogens is 1. The molecule has 3 aromatic rings. The van der Waals surface area contributed by atoms with Crippen LogP contribution in [0.25, 0.3) is 10.2 Å². The van der Waals surface area contributed by atoms with Crippen LogP contribution in [0.1, 0.15) is 21.5 Å². The fraction of sp³-hybridized carbons (Fsp3) is 0.333. The average molecular weight is 401 g/mol. The van der Waals surface area contributed by atoms with E-state index in [2.05, 4.69) is 40.1 Å². The zero-order valence-electron chi connectivity index (χ0n) is 16.5. The van der Waals surface area contributed by atoms with Crippen molar-refractivity contribution in [2.24, 2.45) is 0 Å². The molecule has 142 valence electrons. The number of quaternary nitrogens is 1. The van der Waals surface area contributed by atoms with Gasteiger partial charge in [-0.1, -0.05) is 23.5 Å². The van der Waals surface area contributed by atoms with Crippen molar-refractivity contribution in [1.82, 2.24) is 4.98 Å². The third-order valence-electron chi connectivity index (χ3n) is 4.45. The third kappa shape index (κ3) is 4.51. The number of nitrogens with one attached hydrogen (secondary N) is 1. The lowest BCUT2D eigenvalue weighted by atomic mass is 10.1. The first-order chi connectivity index (χ1) is 12.9. The van der Waals surface area contributed by atoms with Crippen LogP contribution in [0.15, 0.2) is 41.3 Å². The molecule has 4 nitrogen and oxygen atoms in total. The van der Waals surface area contributed by atoms with Crippen LogP contribution < -0.4 is 9.80 Å². The van der Waals surface area contributed by atoms with E-state index in [0.29, 0.717) is 12.1 Å². The maximum atomic E-state index is 13.3. The van der Waals surface area contributed by atoms with E-state index in [9.17, 15) is 4.79 Å². The summed E-state index contributed by atoms with van der Waals surface area (Å²) >= 11 is 3.24. The van der Waals surface area contributed by atoms with Crippen molar-refractivity contribution in [2.45, 2.75) is 18.7 Å². The summed E-state index contributed by atoms with van der Waals surface area (Å²) in [5, 5.41) is 0.777. The number of fused-ring (bicyclic) bond motifs is 1. The largest absolute Gasteiger partial charge is 0.338 e. The Morgan fingerprint density at radius 1 is 1.22 bits per heavy atom. The normalized spacial score (nSPS) is 11.3. The highest BCUT2D eigenvalue weighted by Gasteiger charge is 2.23. The summed E-state index contributed by atoms with van der Waals surface area (Å²) in [6.07, 6.45) is 2.02. The number of hydrogen-bond acceptors (Lipinski definition) is 4. The molecule has 0 saturated carbocycles. The van der Waals surface area contributed by atoms with Crippen molar-refractivity contribution in [2.75, 3.05) is 38.3 Å². The van der Waals surface area contributed by atoms with Gasteiger partial charge < -0.3 is 4.90 Å². The molecule has 1 heterocycles. The molecule has 1 amide bonds. The Hall–Kier alpha value is -1.89. The van der Waals surface area contributed by atoms with Gasteiger partial charge in [-0.15, -0.1) is 11.8 Å². The number of nitrogens with zero attached hydrogens (tertiary/aromatic N) is 2. The number of anilines is 1. The number of aryl methyl sites for hydroxylation is 2. The minimum atomic E-state index is 0.0144. The van der Waals surface area contributed by atoms with Crippen molar-refractivity contribution in [3.63, 3.8) is 0 Å². The second kappa shape index (κ2) is 8.42. The Balaban J connectivity index is 2.02. The van der Waals surface area contributed by atoms with E-state index < -0.39 is 0 Å². The van der Waals surface area contributed by atoms with Crippen LogP contribution >= 0.6 is 23.1 Å². The fourth-order valence-corrected chi connectivity index (χ4v) is 4.63. The first-order valence-corrected chi connectivity index (χ1v) is 11.1. The van der Waals surface area contributed by atoms with E-state index >= 15 is 0 Å². The highest BCUT2D eigenvalue weighted by molar-refractivity contribution is 7.98. The molecule has 0 fully saturated rings. The summed E-state index contributed by atoms with van der Waals surface area (Å²) in [5.74, 6) is 0.0144. The van der Waals surface area contributed by atoms with Gasteiger partial charge in [-0.3, -0.25) is 9.69 Å². The van der Waals surface area contributed by atoms with Gasteiger partial charge in [0, 0.05) is 10.5 Å². The first-order valence-electron chi connectivity index (χ1n) is 9.02. The van der Waals surface area contributed by atoms with Gasteiger partial charge in [0.15, 0.2) is 5.13 Å². The van der Waals surface area contributed by atoms with Crippen LogP contribution in [-0.4, -0.2) is 44.3 Å². The molecular formula is C21H26N3OS2+. The highest BCUT2D eigenvalue weighted by Crippen LogP contribution is 2.32. The molecule has 0 aliphatic carbocycles. The van der Waals surface area contributed by atoms with Crippen molar-refractivity contribution in [1.29, 1.82) is 0 Å². The third-order valence-corrected chi connectivity index (χ3v) is 6.20. The molecule has 1 aromatic heterocycles. The predicted molar refractivity (Wildman–Crippen MR) is 117 cm³/mol. The summed E-state index contributed by atoms with van der Waals surface area (Å²) < 4.78 is 1.13. The van der Waals surface area contributed by atoms with E-state index in [-0.39, 0.29) is 5.91 Å². The van der Waals surface area contributed by atoms with E-state index in [0.717, 1.165) is 32.4 Å². The van der Waals surface area contributed by atoms with Crippen LogP contribution in [0, 0.1) is 13.8 Å². The molecule has 2 aromatic carbocycles. The molecule has 0 atom stereocenters. The quantitative estimate of drug-likeness (QED) is 0.644. The van der Waals surface area contributed by atoms with Crippen molar-refractivity contribution in [3.05, 3.63) is 53.1 Å². The van der Waals surface area contributed by atoms with Crippen LogP contribution in [0.3, 0.4) is 0 Å². The zero-order valence-corrected chi connectivity index (χ0v) is 18.1. The van der Waals surface area contributed by atoms with Gasteiger partial charge >= 0.3 is 0 Å². The van der Waals surface area contributed by atoms with Crippen LogP contribution in [0.4, 0.5) is 5.13 Å². The number of rotatable bonds is 6. The summed E-state index contributed by atoms with van der Waals surface area (Å²) in [5.41, 5.74) is 4.08. The summed E-state index contributed by atoms with van der Waals surface area (Å²) in [6.45, 7) is 5.68. The van der Waals surface area contributed by atoms with Gasteiger partial charge in [0.25, 0.3) is 5.91 Å². The monoisotopic (exact) mass is 400 g/mol. The number of amides is 1. The molecule has 0 aliphatic heterocycles. The lowest BCUT2D eigenvalue weighted by molar-refractivity contribution is -0.856.